The average Bonchev–Trinajstić information content (AvgIpc) is 3.54. The molecule has 0 radical (unpaired) electrons. The predicted octanol–water partition coefficient (Wildman–Crippen LogP) is 6.07. The summed E-state index contributed by atoms with van der Waals surface area (Å²) in [6, 6.07) is 10.6. The number of hydrogen-bond donors (Lipinski definition) is 2. The van der Waals surface area contributed by atoms with Gasteiger partial charge in [0.2, 0.25) is 0 Å². The SMILES string of the molecule is CC1(C)CC(=O)c2c(NC3CCCC3)sc(-c3ccn(C(=O)Nc4ccc(C#N)cc4)n3)c2C1. The number of carbonyl (C=O) groups is 2. The number of nitrogens with zero attached hydrogens (tertiary/aromatic N) is 3. The van der Waals surface area contributed by atoms with Crippen LogP contribution in [-0.2, 0) is 6.42 Å². The molecule has 0 aliphatic heterocycles. The zero-order chi connectivity index (χ0) is 23.9. The molecule has 2 aromatic heterocycles. The third-order valence-corrected chi connectivity index (χ3v) is 7.75. The van der Waals surface area contributed by atoms with E-state index in [4.69, 9.17) is 5.26 Å². The lowest BCUT2D eigenvalue weighted by molar-refractivity contribution is 0.0914. The van der Waals surface area contributed by atoms with Crippen LogP contribution in [-0.4, -0.2) is 27.6 Å². The van der Waals surface area contributed by atoms with Crippen molar-refractivity contribution in [2.45, 2.75) is 58.4 Å². The third kappa shape index (κ3) is 4.36. The van der Waals surface area contributed by atoms with Crippen molar-refractivity contribution in [3.05, 3.63) is 53.2 Å². The van der Waals surface area contributed by atoms with E-state index in [-0.39, 0.29) is 17.2 Å². The number of ketones is 1. The summed E-state index contributed by atoms with van der Waals surface area (Å²) in [6.45, 7) is 4.26. The number of benzene rings is 1. The van der Waals surface area contributed by atoms with Crippen LogP contribution >= 0.6 is 11.3 Å². The van der Waals surface area contributed by atoms with E-state index in [2.05, 4.69) is 35.6 Å². The molecule has 0 saturated heterocycles. The topological polar surface area (TPSA) is 99.8 Å². The predicted molar refractivity (Wildman–Crippen MR) is 133 cm³/mol. The Morgan fingerprint density at radius 3 is 2.62 bits per heavy atom. The van der Waals surface area contributed by atoms with E-state index >= 15 is 0 Å². The highest BCUT2D eigenvalue weighted by molar-refractivity contribution is 7.20. The number of rotatable bonds is 4. The van der Waals surface area contributed by atoms with E-state index in [9.17, 15) is 9.59 Å². The molecule has 3 aromatic rings. The molecule has 8 heteroatoms. The Labute approximate surface area is 202 Å². The summed E-state index contributed by atoms with van der Waals surface area (Å²) in [5.41, 5.74) is 3.57. The van der Waals surface area contributed by atoms with Crippen molar-refractivity contribution in [1.82, 2.24) is 9.78 Å². The molecule has 174 valence electrons. The maximum absolute atomic E-state index is 13.2. The standard InChI is InChI=1S/C26H27N5O2S/c1-26(2)13-19-22(21(32)14-26)24(28-17-5-3-4-6-17)34-23(19)20-11-12-31(30-20)25(33)29-18-9-7-16(15-27)8-10-18/h7-12,17,28H,3-6,13-14H2,1-2H3,(H,29,33). The normalized spacial score (nSPS) is 17.3. The lowest BCUT2D eigenvalue weighted by atomic mass is 9.74. The number of aromatic nitrogens is 2. The second kappa shape index (κ2) is 8.73. The van der Waals surface area contributed by atoms with Crippen LogP contribution in [0.1, 0.15) is 67.4 Å². The van der Waals surface area contributed by atoms with Crippen LogP contribution in [0, 0.1) is 16.7 Å². The summed E-state index contributed by atoms with van der Waals surface area (Å²) < 4.78 is 1.28. The average molecular weight is 474 g/mol. The minimum Gasteiger partial charge on any atom is -0.374 e. The van der Waals surface area contributed by atoms with Crippen LogP contribution < -0.4 is 10.6 Å². The summed E-state index contributed by atoms with van der Waals surface area (Å²) in [4.78, 5) is 26.9. The van der Waals surface area contributed by atoms with Gasteiger partial charge in [-0.1, -0.05) is 26.7 Å². The highest BCUT2D eigenvalue weighted by Crippen LogP contribution is 2.48. The van der Waals surface area contributed by atoms with Crippen LogP contribution in [0.4, 0.5) is 15.5 Å². The Morgan fingerprint density at radius 1 is 1.18 bits per heavy atom. The van der Waals surface area contributed by atoms with Crippen molar-refractivity contribution >= 4 is 33.8 Å². The van der Waals surface area contributed by atoms with Crippen molar-refractivity contribution in [3.8, 4) is 16.6 Å². The molecule has 1 fully saturated rings. The summed E-state index contributed by atoms with van der Waals surface area (Å²) in [7, 11) is 0. The fourth-order valence-electron chi connectivity index (χ4n) is 4.92. The Hall–Kier alpha value is -3.44. The first kappa shape index (κ1) is 22.4. The second-order valence-corrected chi connectivity index (χ2v) is 11.0. The monoisotopic (exact) mass is 473 g/mol. The van der Waals surface area contributed by atoms with Gasteiger partial charge in [0.15, 0.2) is 5.78 Å². The van der Waals surface area contributed by atoms with Crippen LogP contribution in [0.2, 0.25) is 0 Å². The molecule has 2 aliphatic rings. The number of Topliss-reactive ketones (excluding diaryl/α,β-unsaturated/α-hetero) is 1. The maximum atomic E-state index is 13.2. The van der Waals surface area contributed by atoms with Crippen LogP contribution in [0.25, 0.3) is 10.6 Å². The molecule has 34 heavy (non-hydrogen) atoms. The van der Waals surface area contributed by atoms with Gasteiger partial charge in [0.1, 0.15) is 10.7 Å². The van der Waals surface area contributed by atoms with Crippen molar-refractivity contribution in [3.63, 3.8) is 0 Å². The van der Waals surface area contributed by atoms with Gasteiger partial charge in [-0.25, -0.2) is 4.79 Å². The van der Waals surface area contributed by atoms with Gasteiger partial charge in [0, 0.05) is 24.3 Å². The van der Waals surface area contributed by atoms with Gasteiger partial charge in [-0.15, -0.1) is 11.3 Å². The van der Waals surface area contributed by atoms with E-state index in [1.54, 1.807) is 41.8 Å². The third-order valence-electron chi connectivity index (χ3n) is 6.57. The molecule has 2 N–H and O–H groups in total. The number of amides is 1. The van der Waals surface area contributed by atoms with Gasteiger partial charge in [0.05, 0.1) is 22.1 Å². The fourth-order valence-corrected chi connectivity index (χ4v) is 6.20. The fraction of sp³-hybridized carbons (Fsp3) is 0.385. The van der Waals surface area contributed by atoms with Gasteiger partial charge >= 0.3 is 6.03 Å². The Balaban J connectivity index is 1.45. The number of fused-ring (bicyclic) bond motifs is 1. The molecule has 2 heterocycles. The van der Waals surface area contributed by atoms with Crippen LogP contribution in [0.5, 0.6) is 0 Å². The molecule has 7 nitrogen and oxygen atoms in total. The lowest BCUT2D eigenvalue weighted by Gasteiger charge is -2.29. The van der Waals surface area contributed by atoms with E-state index in [1.165, 1.54) is 17.5 Å². The first-order valence-corrected chi connectivity index (χ1v) is 12.5. The Kier molecular flexibility index (Phi) is 5.74. The van der Waals surface area contributed by atoms with Gasteiger partial charge in [0.25, 0.3) is 0 Å². The van der Waals surface area contributed by atoms with Gasteiger partial charge in [-0.3, -0.25) is 4.79 Å². The molecule has 1 aromatic carbocycles. The van der Waals surface area contributed by atoms with Gasteiger partial charge in [-0.05, 0) is 60.6 Å². The molecule has 0 bridgehead atoms. The number of hydrogen-bond acceptors (Lipinski definition) is 6. The van der Waals surface area contributed by atoms with Crippen molar-refractivity contribution < 1.29 is 9.59 Å². The first-order valence-electron chi connectivity index (χ1n) is 11.7. The van der Waals surface area contributed by atoms with Crippen molar-refractivity contribution in [2.24, 2.45) is 5.41 Å². The summed E-state index contributed by atoms with van der Waals surface area (Å²) in [5, 5.41) is 20.9. The quantitative estimate of drug-likeness (QED) is 0.479. The van der Waals surface area contributed by atoms with E-state index in [0.29, 0.717) is 29.4 Å². The Morgan fingerprint density at radius 2 is 1.91 bits per heavy atom. The maximum Gasteiger partial charge on any atom is 0.346 e. The Bertz CT molecular complexity index is 1290. The van der Waals surface area contributed by atoms with E-state index in [0.717, 1.165) is 40.3 Å². The number of carbonyl (C=O) groups excluding carboxylic acids is 2. The lowest BCUT2D eigenvalue weighted by Crippen LogP contribution is -2.27. The molecule has 1 amide bonds. The zero-order valence-electron chi connectivity index (χ0n) is 19.4. The van der Waals surface area contributed by atoms with Crippen molar-refractivity contribution in [2.75, 3.05) is 10.6 Å². The van der Waals surface area contributed by atoms with Crippen LogP contribution in [0.15, 0.2) is 36.5 Å². The number of thiophene rings is 1. The number of anilines is 2. The molecule has 5 rings (SSSR count). The second-order valence-electron chi connectivity index (χ2n) is 9.95. The molecular weight excluding hydrogens is 446 g/mol. The number of nitrogens with one attached hydrogen (secondary N) is 2. The summed E-state index contributed by atoms with van der Waals surface area (Å²) in [5.74, 6) is 0.187. The van der Waals surface area contributed by atoms with Gasteiger partial charge in [-0.2, -0.15) is 15.0 Å². The first-order chi connectivity index (χ1) is 16.3. The summed E-state index contributed by atoms with van der Waals surface area (Å²) >= 11 is 1.58. The molecule has 2 aliphatic carbocycles. The van der Waals surface area contributed by atoms with Crippen molar-refractivity contribution in [1.29, 1.82) is 5.26 Å². The molecular formula is C26H27N5O2S. The molecule has 1 saturated carbocycles. The molecule has 0 unspecified atom stereocenters. The van der Waals surface area contributed by atoms with E-state index < -0.39 is 0 Å². The molecule has 0 atom stereocenters. The highest BCUT2D eigenvalue weighted by Gasteiger charge is 2.37. The minimum atomic E-state index is -0.387. The van der Waals surface area contributed by atoms with Gasteiger partial charge < -0.3 is 10.6 Å². The van der Waals surface area contributed by atoms with E-state index in [1.807, 2.05) is 6.07 Å². The molecule has 0 spiro atoms. The zero-order valence-corrected chi connectivity index (χ0v) is 20.2. The minimum absolute atomic E-state index is 0.111. The number of nitriles is 1. The largest absolute Gasteiger partial charge is 0.374 e. The highest BCUT2D eigenvalue weighted by atomic mass is 32.1. The van der Waals surface area contributed by atoms with Crippen LogP contribution in [0.3, 0.4) is 0 Å². The summed E-state index contributed by atoms with van der Waals surface area (Å²) in [6.07, 6.45) is 7.68. The smallest absolute Gasteiger partial charge is 0.346 e.